The van der Waals surface area contributed by atoms with Crippen molar-refractivity contribution in [2.75, 3.05) is 0 Å². The molecule has 0 bridgehead atoms. The lowest BCUT2D eigenvalue weighted by Crippen LogP contribution is -2.23. The molecule has 3 atom stereocenters. The second-order valence-corrected chi connectivity index (χ2v) is 7.14. The van der Waals surface area contributed by atoms with Crippen molar-refractivity contribution in [3.8, 4) is 0 Å². The molecule has 1 aliphatic carbocycles. The summed E-state index contributed by atoms with van der Waals surface area (Å²) < 4.78 is 12.5. The molecule has 1 aromatic carbocycles. The van der Waals surface area contributed by atoms with Gasteiger partial charge in [0, 0.05) is 10.1 Å². The van der Waals surface area contributed by atoms with Crippen LogP contribution in [0.2, 0.25) is 0 Å². The van der Waals surface area contributed by atoms with Gasteiger partial charge in [-0.05, 0) is 36.5 Å². The van der Waals surface area contributed by atoms with Gasteiger partial charge in [-0.25, -0.2) is 0 Å². The molecule has 0 spiro atoms. The van der Waals surface area contributed by atoms with Crippen molar-refractivity contribution < 1.29 is 14.1 Å². The Hall–Kier alpha value is -1.16. The van der Waals surface area contributed by atoms with Crippen molar-refractivity contribution in [3.63, 3.8) is 0 Å². The molecule has 1 saturated carbocycles. The van der Waals surface area contributed by atoms with Crippen LogP contribution in [0.25, 0.3) is 0 Å². The van der Waals surface area contributed by atoms with Crippen LogP contribution in [-0.4, -0.2) is 20.5 Å². The van der Waals surface area contributed by atoms with Crippen LogP contribution in [0.1, 0.15) is 38.2 Å². The van der Waals surface area contributed by atoms with E-state index in [0.29, 0.717) is 5.92 Å². The molecule has 0 radical (unpaired) electrons. The molecule has 3 nitrogen and oxygen atoms in total. The third kappa shape index (κ3) is 3.90. The summed E-state index contributed by atoms with van der Waals surface area (Å²) in [5, 5.41) is 8.98. The van der Waals surface area contributed by atoms with Gasteiger partial charge in [0.15, 0.2) is 0 Å². The van der Waals surface area contributed by atoms with Crippen molar-refractivity contribution >= 4 is 16.8 Å². The van der Waals surface area contributed by atoms with Gasteiger partial charge in [0.2, 0.25) is 0 Å². The van der Waals surface area contributed by atoms with Gasteiger partial charge >= 0.3 is 5.97 Å². The lowest BCUT2D eigenvalue weighted by molar-refractivity contribution is -0.136. The minimum atomic E-state index is -0.959. The van der Waals surface area contributed by atoms with Gasteiger partial charge in [-0.2, -0.15) is 0 Å². The van der Waals surface area contributed by atoms with Crippen LogP contribution in [0, 0.1) is 5.92 Å². The topological polar surface area (TPSA) is 54.4 Å². The third-order valence-electron chi connectivity index (χ3n) is 3.70. The highest BCUT2D eigenvalue weighted by Crippen LogP contribution is 2.29. The average Bonchev–Trinajstić information content (AvgIpc) is 2.38. The average molecular weight is 280 g/mol. The Morgan fingerprint density at radius 1 is 1.32 bits per heavy atom. The lowest BCUT2D eigenvalue weighted by Gasteiger charge is -2.26. The summed E-state index contributed by atoms with van der Waals surface area (Å²) in [6.07, 6.45) is 4.49. The van der Waals surface area contributed by atoms with E-state index >= 15 is 0 Å². The minimum absolute atomic E-state index is 0.0212. The van der Waals surface area contributed by atoms with Crippen molar-refractivity contribution in [3.05, 3.63) is 29.8 Å². The first kappa shape index (κ1) is 14.3. The fourth-order valence-corrected chi connectivity index (χ4v) is 4.35. The number of benzene rings is 1. The van der Waals surface area contributed by atoms with Crippen molar-refractivity contribution in [1.82, 2.24) is 0 Å². The molecule has 19 heavy (non-hydrogen) atoms. The van der Waals surface area contributed by atoms with Gasteiger partial charge in [0.25, 0.3) is 0 Å². The Kier molecular flexibility index (Phi) is 4.75. The maximum atomic E-state index is 12.5. The second-order valence-electron chi connectivity index (χ2n) is 5.41. The number of rotatable bonds is 4. The monoisotopic (exact) mass is 280 g/mol. The van der Waals surface area contributed by atoms with Crippen molar-refractivity contribution in [2.45, 2.75) is 49.2 Å². The van der Waals surface area contributed by atoms with Gasteiger partial charge in [-0.3, -0.25) is 9.00 Å². The molecular formula is C15H20O3S. The first-order valence-corrected chi connectivity index (χ1v) is 7.99. The Morgan fingerprint density at radius 3 is 2.58 bits per heavy atom. The van der Waals surface area contributed by atoms with Gasteiger partial charge in [-0.15, -0.1) is 0 Å². The van der Waals surface area contributed by atoms with Gasteiger partial charge in [0.05, 0.1) is 17.2 Å². The van der Waals surface area contributed by atoms with E-state index in [2.05, 4.69) is 6.92 Å². The Balaban J connectivity index is 2.04. The molecule has 1 N–H and O–H groups in total. The van der Waals surface area contributed by atoms with E-state index in [9.17, 15) is 9.00 Å². The number of aliphatic carboxylic acids is 1. The normalized spacial score (nSPS) is 24.9. The zero-order valence-electron chi connectivity index (χ0n) is 11.2. The summed E-state index contributed by atoms with van der Waals surface area (Å²) in [6.45, 7) is 2.22. The zero-order chi connectivity index (χ0) is 13.8. The minimum Gasteiger partial charge on any atom is -0.481 e. The highest BCUT2D eigenvalue weighted by molar-refractivity contribution is 7.85. The fraction of sp³-hybridized carbons (Fsp3) is 0.533. The summed E-state index contributed by atoms with van der Waals surface area (Å²) in [7, 11) is -0.959. The molecule has 0 aliphatic heterocycles. The quantitative estimate of drug-likeness (QED) is 0.922. The SMILES string of the molecule is CC1CCCC(S(=O)c2ccc(CC(=O)O)cc2)C1. The van der Waals surface area contributed by atoms with E-state index in [1.165, 1.54) is 6.42 Å². The summed E-state index contributed by atoms with van der Waals surface area (Å²) in [5.74, 6) is -0.177. The van der Waals surface area contributed by atoms with E-state index in [-0.39, 0.29) is 11.7 Å². The first-order chi connectivity index (χ1) is 9.06. The largest absolute Gasteiger partial charge is 0.481 e. The third-order valence-corrected chi connectivity index (χ3v) is 5.47. The van der Waals surface area contributed by atoms with Gasteiger partial charge < -0.3 is 5.11 Å². The first-order valence-electron chi connectivity index (χ1n) is 6.77. The summed E-state index contributed by atoms with van der Waals surface area (Å²) >= 11 is 0. The molecule has 1 fully saturated rings. The standard InChI is InChI=1S/C15H20O3S/c1-11-3-2-4-14(9-11)19(18)13-7-5-12(6-8-13)10-15(16)17/h5-8,11,14H,2-4,9-10H2,1H3,(H,16,17). The van der Waals surface area contributed by atoms with Crippen LogP contribution in [0.3, 0.4) is 0 Å². The maximum absolute atomic E-state index is 12.5. The number of hydrogen-bond acceptors (Lipinski definition) is 2. The van der Waals surface area contributed by atoms with Crippen LogP contribution in [-0.2, 0) is 22.0 Å². The van der Waals surface area contributed by atoms with E-state index in [1.54, 1.807) is 12.1 Å². The molecular weight excluding hydrogens is 260 g/mol. The van der Waals surface area contributed by atoms with Crippen LogP contribution < -0.4 is 0 Å². The van der Waals surface area contributed by atoms with Gasteiger partial charge in [0.1, 0.15) is 0 Å². The molecule has 0 aromatic heterocycles. The predicted octanol–water partition coefficient (Wildman–Crippen LogP) is 3.00. The van der Waals surface area contributed by atoms with Crippen LogP contribution >= 0.6 is 0 Å². The maximum Gasteiger partial charge on any atom is 0.307 e. The Morgan fingerprint density at radius 2 is 2.00 bits per heavy atom. The van der Waals surface area contributed by atoms with E-state index in [1.807, 2.05) is 12.1 Å². The molecule has 3 unspecified atom stereocenters. The predicted molar refractivity (Wildman–Crippen MR) is 75.6 cm³/mol. The number of hydrogen-bond donors (Lipinski definition) is 1. The summed E-state index contributed by atoms with van der Waals surface area (Å²) in [4.78, 5) is 11.4. The Labute approximate surface area is 116 Å². The summed E-state index contributed by atoms with van der Waals surface area (Å²) in [6, 6.07) is 7.17. The molecule has 0 heterocycles. The van der Waals surface area contributed by atoms with Crippen molar-refractivity contribution in [2.24, 2.45) is 5.92 Å². The van der Waals surface area contributed by atoms with Crippen LogP contribution in [0.4, 0.5) is 0 Å². The summed E-state index contributed by atoms with van der Waals surface area (Å²) in [5.41, 5.74) is 0.755. The second kappa shape index (κ2) is 6.33. The van der Waals surface area contributed by atoms with Crippen LogP contribution in [0.5, 0.6) is 0 Å². The molecule has 0 saturated heterocycles. The highest BCUT2D eigenvalue weighted by Gasteiger charge is 2.24. The molecule has 2 rings (SSSR count). The smallest absolute Gasteiger partial charge is 0.307 e. The molecule has 1 aliphatic rings. The zero-order valence-corrected chi connectivity index (χ0v) is 12.0. The molecule has 4 heteroatoms. The lowest BCUT2D eigenvalue weighted by atomic mass is 9.91. The van der Waals surface area contributed by atoms with E-state index < -0.39 is 16.8 Å². The number of carboxylic acid groups (broad SMARTS) is 1. The molecule has 0 amide bonds. The fourth-order valence-electron chi connectivity index (χ4n) is 2.68. The van der Waals surface area contributed by atoms with Gasteiger partial charge in [-0.1, -0.05) is 31.9 Å². The number of carbonyl (C=O) groups is 1. The Bertz CT molecular complexity index is 467. The molecule has 104 valence electrons. The van der Waals surface area contributed by atoms with E-state index in [0.717, 1.165) is 29.7 Å². The number of carboxylic acids is 1. The van der Waals surface area contributed by atoms with Crippen molar-refractivity contribution in [1.29, 1.82) is 0 Å². The highest BCUT2D eigenvalue weighted by atomic mass is 32.2. The molecule has 1 aromatic rings. The van der Waals surface area contributed by atoms with E-state index in [4.69, 9.17) is 5.11 Å². The van der Waals surface area contributed by atoms with Crippen LogP contribution in [0.15, 0.2) is 29.2 Å².